The fourth-order valence-corrected chi connectivity index (χ4v) is 2.79. The van der Waals surface area contributed by atoms with Gasteiger partial charge in [0.25, 0.3) is 0 Å². The summed E-state index contributed by atoms with van der Waals surface area (Å²) in [4.78, 5) is 2.85. The molecule has 0 saturated carbocycles. The van der Waals surface area contributed by atoms with Gasteiger partial charge in [0.05, 0.1) is 23.2 Å². The number of nitrogens with one attached hydrogen (secondary N) is 1. The standard InChI is InChI=1S/C13H13F3N2OS/c14-13(15,16)9-1-2-11-10(5-9)17-12(20)18(11)6-8-3-4-19-7-8/h1-2,5,8H,3-4,6-7H2,(H,17,20). The number of hydrogen-bond acceptors (Lipinski definition) is 2. The van der Waals surface area contributed by atoms with Crippen molar-refractivity contribution < 1.29 is 17.9 Å². The van der Waals surface area contributed by atoms with Gasteiger partial charge in [0, 0.05) is 19.1 Å². The number of ether oxygens (including phenoxy) is 1. The molecule has 1 aromatic heterocycles. The summed E-state index contributed by atoms with van der Waals surface area (Å²) in [5.41, 5.74) is 0.455. The highest BCUT2D eigenvalue weighted by Crippen LogP contribution is 2.31. The second-order valence-electron chi connectivity index (χ2n) is 5.00. The molecular weight excluding hydrogens is 289 g/mol. The smallest absolute Gasteiger partial charge is 0.381 e. The molecule has 108 valence electrons. The summed E-state index contributed by atoms with van der Waals surface area (Å²) in [7, 11) is 0. The molecule has 0 aliphatic carbocycles. The lowest BCUT2D eigenvalue weighted by Gasteiger charge is -2.10. The number of imidazole rings is 1. The average Bonchev–Trinajstić information content (AvgIpc) is 2.97. The van der Waals surface area contributed by atoms with Crippen molar-refractivity contribution in [2.75, 3.05) is 13.2 Å². The van der Waals surface area contributed by atoms with Crippen LogP contribution in [-0.4, -0.2) is 22.8 Å². The molecule has 0 amide bonds. The number of fused-ring (bicyclic) bond motifs is 1. The number of H-pyrrole nitrogens is 1. The molecule has 1 unspecified atom stereocenters. The number of halogens is 3. The Balaban J connectivity index is 2.01. The van der Waals surface area contributed by atoms with Gasteiger partial charge in [0.1, 0.15) is 0 Å². The Morgan fingerprint density at radius 3 is 2.85 bits per heavy atom. The van der Waals surface area contributed by atoms with Gasteiger partial charge in [0.15, 0.2) is 4.77 Å². The minimum atomic E-state index is -4.34. The lowest BCUT2D eigenvalue weighted by atomic mass is 10.1. The topological polar surface area (TPSA) is 29.9 Å². The van der Waals surface area contributed by atoms with E-state index in [2.05, 4.69) is 4.98 Å². The first-order valence-electron chi connectivity index (χ1n) is 6.32. The first-order valence-corrected chi connectivity index (χ1v) is 6.73. The van der Waals surface area contributed by atoms with Gasteiger partial charge in [-0.15, -0.1) is 0 Å². The van der Waals surface area contributed by atoms with Crippen LogP contribution in [-0.2, 0) is 17.5 Å². The molecule has 1 atom stereocenters. The summed E-state index contributed by atoms with van der Waals surface area (Å²) in [6.07, 6.45) is -3.39. The van der Waals surface area contributed by atoms with Crippen molar-refractivity contribution in [1.29, 1.82) is 0 Å². The lowest BCUT2D eigenvalue weighted by molar-refractivity contribution is -0.137. The van der Waals surface area contributed by atoms with Gasteiger partial charge in [-0.3, -0.25) is 0 Å². The van der Waals surface area contributed by atoms with Crippen LogP contribution in [0.5, 0.6) is 0 Å². The Morgan fingerprint density at radius 2 is 2.20 bits per heavy atom. The summed E-state index contributed by atoms with van der Waals surface area (Å²) >= 11 is 5.21. The van der Waals surface area contributed by atoms with Crippen molar-refractivity contribution in [2.24, 2.45) is 5.92 Å². The van der Waals surface area contributed by atoms with E-state index in [0.29, 0.717) is 34.9 Å². The van der Waals surface area contributed by atoms with Crippen molar-refractivity contribution in [2.45, 2.75) is 19.1 Å². The molecular formula is C13H13F3N2OS. The van der Waals surface area contributed by atoms with Crippen molar-refractivity contribution in [3.63, 3.8) is 0 Å². The molecule has 0 bridgehead atoms. The normalized spacial score (nSPS) is 19.9. The van der Waals surface area contributed by atoms with Gasteiger partial charge in [-0.2, -0.15) is 13.2 Å². The molecule has 2 heterocycles. The molecule has 0 radical (unpaired) electrons. The third-order valence-electron chi connectivity index (χ3n) is 3.57. The van der Waals surface area contributed by atoms with Crippen LogP contribution in [0.4, 0.5) is 13.2 Å². The zero-order valence-electron chi connectivity index (χ0n) is 10.5. The Bertz CT molecular complexity index is 683. The van der Waals surface area contributed by atoms with Gasteiger partial charge < -0.3 is 14.3 Å². The van der Waals surface area contributed by atoms with E-state index in [1.807, 2.05) is 4.57 Å². The van der Waals surface area contributed by atoms with Crippen LogP contribution < -0.4 is 0 Å². The fourth-order valence-electron chi connectivity index (χ4n) is 2.51. The molecule has 2 aromatic rings. The summed E-state index contributed by atoms with van der Waals surface area (Å²) in [5, 5.41) is 0. The molecule has 0 spiro atoms. The van der Waals surface area contributed by atoms with Crippen LogP contribution in [0.2, 0.25) is 0 Å². The maximum Gasteiger partial charge on any atom is 0.416 e. The Labute approximate surface area is 118 Å². The molecule has 3 rings (SSSR count). The van der Waals surface area contributed by atoms with E-state index in [-0.39, 0.29) is 0 Å². The number of alkyl halides is 3. The summed E-state index contributed by atoms with van der Waals surface area (Å²) < 4.78 is 45.7. The van der Waals surface area contributed by atoms with Crippen molar-refractivity contribution >= 4 is 23.3 Å². The van der Waals surface area contributed by atoms with Gasteiger partial charge in [-0.05, 0) is 36.8 Å². The van der Waals surface area contributed by atoms with Gasteiger partial charge >= 0.3 is 6.18 Å². The van der Waals surface area contributed by atoms with E-state index in [0.717, 1.165) is 25.2 Å². The molecule has 3 nitrogen and oxygen atoms in total. The van der Waals surface area contributed by atoms with E-state index < -0.39 is 11.7 Å². The zero-order chi connectivity index (χ0) is 14.3. The Morgan fingerprint density at radius 1 is 1.40 bits per heavy atom. The van der Waals surface area contributed by atoms with E-state index in [9.17, 15) is 13.2 Å². The Kier molecular flexibility index (Phi) is 3.33. The number of nitrogens with zero attached hydrogens (tertiary/aromatic N) is 1. The molecule has 1 fully saturated rings. The van der Waals surface area contributed by atoms with Crippen LogP contribution in [0, 0.1) is 10.7 Å². The highest BCUT2D eigenvalue weighted by molar-refractivity contribution is 7.71. The molecule has 1 aliphatic rings. The number of aromatic amines is 1. The van der Waals surface area contributed by atoms with Crippen molar-refractivity contribution in [3.05, 3.63) is 28.5 Å². The molecule has 20 heavy (non-hydrogen) atoms. The third-order valence-corrected chi connectivity index (χ3v) is 3.89. The summed E-state index contributed by atoms with van der Waals surface area (Å²) in [6, 6.07) is 3.67. The first-order chi connectivity index (χ1) is 9.45. The van der Waals surface area contributed by atoms with Crippen LogP contribution in [0.15, 0.2) is 18.2 Å². The van der Waals surface area contributed by atoms with Crippen LogP contribution in [0.25, 0.3) is 11.0 Å². The quantitative estimate of drug-likeness (QED) is 0.856. The first kappa shape index (κ1) is 13.6. The fraction of sp³-hybridized carbons (Fsp3) is 0.462. The second kappa shape index (κ2) is 4.89. The number of hydrogen-bond donors (Lipinski definition) is 1. The largest absolute Gasteiger partial charge is 0.416 e. The minimum Gasteiger partial charge on any atom is -0.381 e. The molecule has 1 N–H and O–H groups in total. The third kappa shape index (κ3) is 2.47. The maximum atomic E-state index is 12.7. The predicted octanol–water partition coefficient (Wildman–Crippen LogP) is 3.75. The van der Waals surface area contributed by atoms with E-state index in [4.69, 9.17) is 17.0 Å². The molecule has 1 aliphatic heterocycles. The van der Waals surface area contributed by atoms with Gasteiger partial charge in [-0.25, -0.2) is 0 Å². The predicted molar refractivity (Wildman–Crippen MR) is 71.1 cm³/mol. The van der Waals surface area contributed by atoms with Crippen LogP contribution in [0.1, 0.15) is 12.0 Å². The highest BCUT2D eigenvalue weighted by atomic mass is 32.1. The number of aromatic nitrogens is 2. The Hall–Kier alpha value is -1.34. The van der Waals surface area contributed by atoms with Crippen LogP contribution >= 0.6 is 12.2 Å². The SMILES string of the molecule is FC(F)(F)c1ccc2c(c1)[nH]c(=S)n2CC1CCOC1. The number of benzene rings is 1. The second-order valence-corrected chi connectivity index (χ2v) is 5.39. The summed E-state index contributed by atoms with van der Waals surface area (Å²) in [6.45, 7) is 2.08. The lowest BCUT2D eigenvalue weighted by Crippen LogP contribution is -2.10. The zero-order valence-corrected chi connectivity index (χ0v) is 11.4. The average molecular weight is 302 g/mol. The van der Waals surface area contributed by atoms with E-state index in [1.165, 1.54) is 6.07 Å². The molecule has 1 saturated heterocycles. The van der Waals surface area contributed by atoms with Crippen molar-refractivity contribution in [1.82, 2.24) is 9.55 Å². The van der Waals surface area contributed by atoms with Crippen molar-refractivity contribution in [3.8, 4) is 0 Å². The minimum absolute atomic E-state index is 0.364. The monoisotopic (exact) mass is 302 g/mol. The van der Waals surface area contributed by atoms with Gasteiger partial charge in [0.2, 0.25) is 0 Å². The highest BCUT2D eigenvalue weighted by Gasteiger charge is 2.31. The summed E-state index contributed by atoms with van der Waals surface area (Å²) in [5.74, 6) is 0.364. The van der Waals surface area contributed by atoms with E-state index in [1.54, 1.807) is 0 Å². The number of rotatable bonds is 2. The molecule has 1 aromatic carbocycles. The van der Waals surface area contributed by atoms with Gasteiger partial charge in [-0.1, -0.05) is 0 Å². The van der Waals surface area contributed by atoms with Crippen LogP contribution in [0.3, 0.4) is 0 Å². The maximum absolute atomic E-state index is 12.7. The molecule has 7 heteroatoms. The van der Waals surface area contributed by atoms with E-state index >= 15 is 0 Å².